The van der Waals surface area contributed by atoms with Crippen molar-refractivity contribution in [3.8, 4) is 11.4 Å². The number of hydrogen-bond donors (Lipinski definition) is 1. The summed E-state index contributed by atoms with van der Waals surface area (Å²) in [6, 6.07) is 6.22. The van der Waals surface area contributed by atoms with Crippen LogP contribution in [0, 0.1) is 0 Å². The summed E-state index contributed by atoms with van der Waals surface area (Å²) in [5, 5.41) is 11.3. The molecule has 0 radical (unpaired) electrons. The minimum atomic E-state index is -0.0905. The Hall–Kier alpha value is -2.96. The molecule has 3 aromatic rings. The van der Waals surface area contributed by atoms with Gasteiger partial charge in [-0.1, -0.05) is 17.3 Å². The zero-order valence-corrected chi connectivity index (χ0v) is 14.5. The Kier molecular flexibility index (Phi) is 3.41. The van der Waals surface area contributed by atoms with Gasteiger partial charge in [0, 0.05) is 24.7 Å². The molecule has 132 valence electrons. The molecule has 1 fully saturated rings. The Balaban J connectivity index is 1.35. The van der Waals surface area contributed by atoms with E-state index in [1.54, 1.807) is 24.1 Å². The van der Waals surface area contributed by atoms with Gasteiger partial charge in [-0.3, -0.25) is 9.48 Å². The molecule has 2 aliphatic carbocycles. The first-order valence-corrected chi connectivity index (χ1v) is 8.93. The molecule has 0 spiro atoms. The van der Waals surface area contributed by atoms with Crippen molar-refractivity contribution in [2.75, 3.05) is 0 Å². The van der Waals surface area contributed by atoms with Crippen LogP contribution < -0.4 is 5.32 Å². The van der Waals surface area contributed by atoms with E-state index in [9.17, 15) is 4.79 Å². The molecular formula is C19H19N5O2. The van der Waals surface area contributed by atoms with Crippen molar-refractivity contribution >= 4 is 5.91 Å². The SMILES string of the molecule is Cn1cc(C(=O)NC2CCc3cc(-c4noc(C5CC5)n4)ccc32)cn1. The van der Waals surface area contributed by atoms with Crippen LogP contribution in [0.3, 0.4) is 0 Å². The quantitative estimate of drug-likeness (QED) is 0.783. The van der Waals surface area contributed by atoms with Crippen LogP contribution in [0.4, 0.5) is 0 Å². The monoisotopic (exact) mass is 349 g/mol. The van der Waals surface area contributed by atoms with Crippen LogP contribution in [0.15, 0.2) is 35.1 Å². The molecule has 7 nitrogen and oxygen atoms in total. The molecule has 2 aromatic heterocycles. The average Bonchev–Trinajstić information content (AvgIpc) is 3.06. The van der Waals surface area contributed by atoms with Crippen LogP contribution in [0.2, 0.25) is 0 Å². The maximum atomic E-state index is 12.4. The van der Waals surface area contributed by atoms with Crippen molar-refractivity contribution in [3.05, 3.63) is 53.2 Å². The van der Waals surface area contributed by atoms with Gasteiger partial charge in [0.05, 0.1) is 17.8 Å². The summed E-state index contributed by atoms with van der Waals surface area (Å²) < 4.78 is 6.99. The molecule has 1 atom stereocenters. The van der Waals surface area contributed by atoms with Gasteiger partial charge in [0.2, 0.25) is 11.7 Å². The number of carbonyl (C=O) groups excluding carboxylic acids is 1. The summed E-state index contributed by atoms with van der Waals surface area (Å²) in [5.74, 6) is 1.77. The van der Waals surface area contributed by atoms with E-state index in [2.05, 4.69) is 32.7 Å². The Labute approximate surface area is 150 Å². The highest BCUT2D eigenvalue weighted by atomic mass is 16.5. The Morgan fingerprint density at radius 3 is 2.96 bits per heavy atom. The highest BCUT2D eigenvalue weighted by Crippen LogP contribution is 2.40. The lowest BCUT2D eigenvalue weighted by Gasteiger charge is -2.13. The number of nitrogens with one attached hydrogen (secondary N) is 1. The van der Waals surface area contributed by atoms with E-state index in [0.717, 1.165) is 42.7 Å². The third-order valence-corrected chi connectivity index (χ3v) is 5.12. The van der Waals surface area contributed by atoms with Gasteiger partial charge in [-0.2, -0.15) is 10.1 Å². The smallest absolute Gasteiger partial charge is 0.254 e. The van der Waals surface area contributed by atoms with Gasteiger partial charge >= 0.3 is 0 Å². The summed E-state index contributed by atoms with van der Waals surface area (Å²) in [5.41, 5.74) is 3.95. The predicted molar refractivity (Wildman–Crippen MR) is 93.4 cm³/mol. The Bertz CT molecular complexity index is 985. The fraction of sp³-hybridized carbons (Fsp3) is 0.368. The van der Waals surface area contributed by atoms with Crippen molar-refractivity contribution in [1.82, 2.24) is 25.2 Å². The van der Waals surface area contributed by atoms with Gasteiger partial charge < -0.3 is 9.84 Å². The van der Waals surface area contributed by atoms with Crippen LogP contribution in [0.25, 0.3) is 11.4 Å². The van der Waals surface area contributed by atoms with E-state index in [1.165, 1.54) is 5.56 Å². The first-order valence-electron chi connectivity index (χ1n) is 8.93. The molecule has 5 rings (SSSR count). The summed E-state index contributed by atoms with van der Waals surface area (Å²) >= 11 is 0. The maximum Gasteiger partial charge on any atom is 0.254 e. The molecule has 7 heteroatoms. The molecule has 2 aliphatic rings. The lowest BCUT2D eigenvalue weighted by Crippen LogP contribution is -2.26. The summed E-state index contributed by atoms with van der Waals surface area (Å²) in [6.45, 7) is 0. The number of aromatic nitrogens is 4. The van der Waals surface area contributed by atoms with Crippen molar-refractivity contribution in [2.45, 2.75) is 37.6 Å². The van der Waals surface area contributed by atoms with Crippen LogP contribution in [0.5, 0.6) is 0 Å². The lowest BCUT2D eigenvalue weighted by atomic mass is 10.0. The maximum absolute atomic E-state index is 12.4. The van der Waals surface area contributed by atoms with Gasteiger partial charge in [0.1, 0.15) is 0 Å². The number of aryl methyl sites for hydroxylation is 2. The molecule has 0 saturated heterocycles. The van der Waals surface area contributed by atoms with Gasteiger partial charge in [0.25, 0.3) is 5.91 Å². The zero-order chi connectivity index (χ0) is 17.7. The second kappa shape index (κ2) is 5.79. The second-order valence-corrected chi connectivity index (χ2v) is 7.11. The second-order valence-electron chi connectivity index (χ2n) is 7.11. The van der Waals surface area contributed by atoms with Crippen LogP contribution in [0.1, 0.15) is 58.6 Å². The van der Waals surface area contributed by atoms with E-state index in [0.29, 0.717) is 17.3 Å². The molecule has 0 aliphatic heterocycles. The van der Waals surface area contributed by atoms with Crippen LogP contribution in [-0.4, -0.2) is 25.8 Å². The van der Waals surface area contributed by atoms with Crippen molar-refractivity contribution in [3.63, 3.8) is 0 Å². The third-order valence-electron chi connectivity index (χ3n) is 5.12. The number of benzene rings is 1. The molecule has 1 N–H and O–H groups in total. The normalized spacial score (nSPS) is 18.7. The molecule has 2 heterocycles. The average molecular weight is 349 g/mol. The Morgan fingerprint density at radius 1 is 1.31 bits per heavy atom. The van der Waals surface area contributed by atoms with Crippen molar-refractivity contribution in [2.24, 2.45) is 7.05 Å². The van der Waals surface area contributed by atoms with Crippen LogP contribution >= 0.6 is 0 Å². The first kappa shape index (κ1) is 15.3. The molecule has 1 aromatic carbocycles. The van der Waals surface area contributed by atoms with Gasteiger partial charge in [-0.25, -0.2) is 0 Å². The van der Waals surface area contributed by atoms with E-state index in [-0.39, 0.29) is 11.9 Å². The third kappa shape index (κ3) is 2.69. The van der Waals surface area contributed by atoms with E-state index < -0.39 is 0 Å². The zero-order valence-electron chi connectivity index (χ0n) is 14.5. The van der Waals surface area contributed by atoms with Crippen molar-refractivity contribution in [1.29, 1.82) is 0 Å². The lowest BCUT2D eigenvalue weighted by molar-refractivity contribution is 0.0936. The minimum absolute atomic E-state index is 0.0269. The number of amides is 1. The number of nitrogens with zero attached hydrogens (tertiary/aromatic N) is 4. The molecule has 0 bridgehead atoms. The number of carbonyl (C=O) groups is 1. The van der Waals surface area contributed by atoms with Gasteiger partial charge in [0.15, 0.2) is 0 Å². The fourth-order valence-electron chi connectivity index (χ4n) is 3.54. The standard InChI is InChI=1S/C19H19N5O2/c1-24-10-14(9-20-24)18(25)21-16-7-5-12-8-13(4-6-15(12)16)17-22-19(26-23-17)11-2-3-11/h4,6,8-11,16H,2-3,5,7H2,1H3,(H,21,25). The highest BCUT2D eigenvalue weighted by Gasteiger charge is 2.30. The molecule has 1 unspecified atom stereocenters. The van der Waals surface area contributed by atoms with Gasteiger partial charge in [-0.05, 0) is 42.9 Å². The Morgan fingerprint density at radius 2 is 2.19 bits per heavy atom. The topological polar surface area (TPSA) is 85.8 Å². The van der Waals surface area contributed by atoms with Crippen LogP contribution in [-0.2, 0) is 13.5 Å². The largest absolute Gasteiger partial charge is 0.345 e. The van der Waals surface area contributed by atoms with E-state index >= 15 is 0 Å². The molecular weight excluding hydrogens is 330 g/mol. The summed E-state index contributed by atoms with van der Waals surface area (Å²) in [6.07, 6.45) is 7.41. The molecule has 1 saturated carbocycles. The minimum Gasteiger partial charge on any atom is -0.345 e. The fourth-order valence-corrected chi connectivity index (χ4v) is 3.54. The van der Waals surface area contributed by atoms with E-state index in [4.69, 9.17) is 4.52 Å². The molecule has 26 heavy (non-hydrogen) atoms. The number of fused-ring (bicyclic) bond motifs is 1. The van der Waals surface area contributed by atoms with Crippen molar-refractivity contribution < 1.29 is 9.32 Å². The predicted octanol–water partition coefficient (Wildman–Crippen LogP) is 2.76. The molecule has 1 amide bonds. The summed E-state index contributed by atoms with van der Waals surface area (Å²) in [4.78, 5) is 16.9. The van der Waals surface area contributed by atoms with Gasteiger partial charge in [-0.15, -0.1) is 0 Å². The first-order chi connectivity index (χ1) is 12.7. The number of rotatable bonds is 4. The number of hydrogen-bond acceptors (Lipinski definition) is 5. The highest BCUT2D eigenvalue weighted by molar-refractivity contribution is 5.94. The summed E-state index contributed by atoms with van der Waals surface area (Å²) in [7, 11) is 1.80. The van der Waals surface area contributed by atoms with E-state index in [1.807, 2.05) is 6.07 Å².